The molecule has 0 unspecified atom stereocenters. The SMILES string of the molecule is COC(=O)C1(NC(=O)c2ccc(Br)o2)CCCCC1. The van der Waals surface area contributed by atoms with Gasteiger partial charge in [-0.15, -0.1) is 0 Å². The number of carbonyl (C=O) groups is 2. The van der Waals surface area contributed by atoms with Gasteiger partial charge in [-0.3, -0.25) is 4.79 Å². The van der Waals surface area contributed by atoms with Crippen LogP contribution in [0.15, 0.2) is 21.2 Å². The summed E-state index contributed by atoms with van der Waals surface area (Å²) in [6, 6.07) is 3.20. The number of amides is 1. The second-order valence-electron chi connectivity index (χ2n) is 4.69. The van der Waals surface area contributed by atoms with E-state index in [-0.39, 0.29) is 11.7 Å². The van der Waals surface area contributed by atoms with E-state index in [2.05, 4.69) is 21.2 Å². The van der Waals surface area contributed by atoms with E-state index in [0.29, 0.717) is 17.5 Å². The van der Waals surface area contributed by atoms with Crippen molar-refractivity contribution < 1.29 is 18.7 Å². The van der Waals surface area contributed by atoms with E-state index >= 15 is 0 Å². The van der Waals surface area contributed by atoms with Gasteiger partial charge >= 0.3 is 5.97 Å². The number of nitrogens with one attached hydrogen (secondary N) is 1. The van der Waals surface area contributed by atoms with Crippen molar-refractivity contribution in [2.24, 2.45) is 0 Å². The summed E-state index contributed by atoms with van der Waals surface area (Å²) in [5.41, 5.74) is -0.913. The summed E-state index contributed by atoms with van der Waals surface area (Å²) < 4.78 is 10.5. The molecular weight excluding hydrogens is 314 g/mol. The molecule has 0 atom stereocenters. The number of carbonyl (C=O) groups excluding carboxylic acids is 2. The van der Waals surface area contributed by atoms with Gasteiger partial charge in [-0.25, -0.2) is 4.79 Å². The summed E-state index contributed by atoms with van der Waals surface area (Å²) in [4.78, 5) is 24.1. The van der Waals surface area contributed by atoms with Crippen molar-refractivity contribution in [3.05, 3.63) is 22.6 Å². The van der Waals surface area contributed by atoms with Crippen LogP contribution in [0.1, 0.15) is 42.7 Å². The molecule has 6 heteroatoms. The van der Waals surface area contributed by atoms with E-state index < -0.39 is 11.4 Å². The van der Waals surface area contributed by atoms with E-state index in [4.69, 9.17) is 9.15 Å². The topological polar surface area (TPSA) is 68.5 Å². The Kier molecular flexibility index (Phi) is 4.29. The maximum absolute atomic E-state index is 12.1. The standard InChI is InChI=1S/C13H16BrNO4/c1-18-12(17)13(7-3-2-4-8-13)15-11(16)9-5-6-10(14)19-9/h5-6H,2-4,7-8H2,1H3,(H,15,16). The molecule has 0 aromatic carbocycles. The first-order valence-electron chi connectivity index (χ1n) is 6.24. The van der Waals surface area contributed by atoms with Crippen LogP contribution < -0.4 is 5.32 Å². The maximum atomic E-state index is 12.1. The molecule has 0 spiro atoms. The smallest absolute Gasteiger partial charge is 0.331 e. The summed E-state index contributed by atoms with van der Waals surface area (Å²) in [6.07, 6.45) is 4.08. The Labute approximate surface area is 119 Å². The Hall–Kier alpha value is -1.30. The second-order valence-corrected chi connectivity index (χ2v) is 5.47. The number of halogens is 1. The molecule has 104 valence electrons. The molecule has 0 bridgehead atoms. The highest BCUT2D eigenvalue weighted by molar-refractivity contribution is 9.10. The number of rotatable bonds is 3. The van der Waals surface area contributed by atoms with E-state index in [1.165, 1.54) is 7.11 Å². The zero-order valence-electron chi connectivity index (χ0n) is 10.7. The lowest BCUT2D eigenvalue weighted by Crippen LogP contribution is -2.56. The summed E-state index contributed by atoms with van der Waals surface area (Å²) in [5, 5.41) is 2.78. The molecule has 1 fully saturated rings. The van der Waals surface area contributed by atoms with E-state index in [9.17, 15) is 9.59 Å². The van der Waals surface area contributed by atoms with Gasteiger partial charge in [0.25, 0.3) is 5.91 Å². The summed E-state index contributed by atoms with van der Waals surface area (Å²) in [6.45, 7) is 0. The number of methoxy groups -OCH3 is 1. The molecule has 1 aliphatic carbocycles. The Bertz CT molecular complexity index is 477. The van der Waals surface area contributed by atoms with Crippen LogP contribution in [0.5, 0.6) is 0 Å². The number of hydrogen-bond acceptors (Lipinski definition) is 4. The van der Waals surface area contributed by atoms with E-state index in [1.54, 1.807) is 12.1 Å². The molecule has 1 N–H and O–H groups in total. The monoisotopic (exact) mass is 329 g/mol. The van der Waals surface area contributed by atoms with Crippen LogP contribution in [0, 0.1) is 0 Å². The first-order chi connectivity index (χ1) is 9.07. The Morgan fingerprint density at radius 3 is 2.53 bits per heavy atom. The molecule has 1 aromatic rings. The summed E-state index contributed by atoms with van der Waals surface area (Å²) >= 11 is 3.14. The molecule has 1 heterocycles. The van der Waals surface area contributed by atoms with Gasteiger partial charge in [-0.05, 0) is 40.9 Å². The zero-order chi connectivity index (χ0) is 13.9. The summed E-state index contributed by atoms with van der Waals surface area (Å²) in [7, 11) is 1.34. The number of ether oxygens (including phenoxy) is 1. The first kappa shape index (κ1) is 14.1. The Balaban J connectivity index is 2.16. The van der Waals surface area contributed by atoms with Crippen molar-refractivity contribution in [1.82, 2.24) is 5.32 Å². The minimum Gasteiger partial charge on any atom is -0.467 e. The Morgan fingerprint density at radius 2 is 2.00 bits per heavy atom. The normalized spacial score (nSPS) is 17.8. The third-order valence-corrected chi connectivity index (χ3v) is 3.86. The molecule has 1 aliphatic rings. The van der Waals surface area contributed by atoms with Crippen molar-refractivity contribution in [2.75, 3.05) is 7.11 Å². The third kappa shape index (κ3) is 3.00. The highest BCUT2D eigenvalue weighted by Gasteiger charge is 2.42. The highest BCUT2D eigenvalue weighted by atomic mass is 79.9. The Morgan fingerprint density at radius 1 is 1.32 bits per heavy atom. The fraction of sp³-hybridized carbons (Fsp3) is 0.538. The van der Waals surface area contributed by atoms with Crippen LogP contribution in [0.2, 0.25) is 0 Å². The minimum absolute atomic E-state index is 0.181. The van der Waals surface area contributed by atoms with E-state index in [1.807, 2.05) is 0 Å². The average molecular weight is 330 g/mol. The van der Waals surface area contributed by atoms with Gasteiger partial charge in [-0.2, -0.15) is 0 Å². The molecule has 0 radical (unpaired) electrons. The lowest BCUT2D eigenvalue weighted by molar-refractivity contribution is -0.149. The van der Waals surface area contributed by atoms with E-state index in [0.717, 1.165) is 19.3 Å². The highest BCUT2D eigenvalue weighted by Crippen LogP contribution is 2.30. The predicted molar refractivity (Wildman–Crippen MR) is 71.7 cm³/mol. The minimum atomic E-state index is -0.913. The van der Waals surface area contributed by atoms with Gasteiger partial charge in [0.1, 0.15) is 5.54 Å². The van der Waals surface area contributed by atoms with Gasteiger partial charge in [0, 0.05) is 0 Å². The molecule has 1 aromatic heterocycles. The maximum Gasteiger partial charge on any atom is 0.331 e. The van der Waals surface area contributed by atoms with Crippen molar-refractivity contribution in [3.8, 4) is 0 Å². The summed E-state index contributed by atoms with van der Waals surface area (Å²) in [5.74, 6) is -0.593. The largest absolute Gasteiger partial charge is 0.467 e. The van der Waals surface area contributed by atoms with Gasteiger partial charge < -0.3 is 14.5 Å². The fourth-order valence-electron chi connectivity index (χ4n) is 2.45. The lowest BCUT2D eigenvalue weighted by Gasteiger charge is -2.34. The molecule has 19 heavy (non-hydrogen) atoms. The molecular formula is C13H16BrNO4. The van der Waals surface area contributed by atoms with Gasteiger partial charge in [0.15, 0.2) is 10.4 Å². The van der Waals surface area contributed by atoms with Crippen molar-refractivity contribution in [2.45, 2.75) is 37.6 Å². The fourth-order valence-corrected chi connectivity index (χ4v) is 2.75. The lowest BCUT2D eigenvalue weighted by atomic mass is 9.81. The van der Waals surface area contributed by atoms with Crippen LogP contribution in [-0.2, 0) is 9.53 Å². The molecule has 0 aliphatic heterocycles. The average Bonchev–Trinajstić information content (AvgIpc) is 2.85. The quantitative estimate of drug-likeness (QED) is 0.865. The predicted octanol–water partition coefficient (Wildman–Crippen LogP) is 2.65. The zero-order valence-corrected chi connectivity index (χ0v) is 12.3. The van der Waals surface area contributed by atoms with Gasteiger partial charge in [0.05, 0.1) is 7.11 Å². The first-order valence-corrected chi connectivity index (χ1v) is 7.03. The van der Waals surface area contributed by atoms with Crippen LogP contribution in [0.3, 0.4) is 0 Å². The van der Waals surface area contributed by atoms with Crippen LogP contribution >= 0.6 is 15.9 Å². The molecule has 0 saturated heterocycles. The van der Waals surface area contributed by atoms with Crippen molar-refractivity contribution in [1.29, 1.82) is 0 Å². The van der Waals surface area contributed by atoms with Crippen LogP contribution in [0.4, 0.5) is 0 Å². The van der Waals surface area contributed by atoms with Gasteiger partial charge in [0.2, 0.25) is 0 Å². The number of furan rings is 1. The van der Waals surface area contributed by atoms with Crippen molar-refractivity contribution in [3.63, 3.8) is 0 Å². The molecule has 2 rings (SSSR count). The van der Waals surface area contributed by atoms with Crippen molar-refractivity contribution >= 4 is 27.8 Å². The molecule has 1 amide bonds. The third-order valence-electron chi connectivity index (χ3n) is 3.43. The van der Waals surface area contributed by atoms with Gasteiger partial charge in [-0.1, -0.05) is 19.3 Å². The molecule has 5 nitrogen and oxygen atoms in total. The number of esters is 1. The van der Waals surface area contributed by atoms with Crippen LogP contribution in [0.25, 0.3) is 0 Å². The van der Waals surface area contributed by atoms with Crippen LogP contribution in [-0.4, -0.2) is 24.5 Å². The second kappa shape index (κ2) is 5.77. The molecule has 1 saturated carbocycles. The number of hydrogen-bond donors (Lipinski definition) is 1.